The minimum absolute atomic E-state index is 0.0872. The highest BCUT2D eigenvalue weighted by atomic mass is 32.2. The number of nitriles is 1. The average molecular weight is 266 g/mol. The monoisotopic (exact) mass is 266 g/mol. The fourth-order valence-corrected chi connectivity index (χ4v) is 3.65. The second-order valence-corrected chi connectivity index (χ2v) is 6.64. The maximum Gasteiger partial charge on any atom is 0.154 e. The molecule has 1 fully saturated rings. The van der Waals surface area contributed by atoms with Gasteiger partial charge >= 0.3 is 0 Å². The van der Waals surface area contributed by atoms with Crippen LogP contribution < -0.4 is 10.6 Å². The van der Waals surface area contributed by atoms with E-state index in [1.54, 1.807) is 6.07 Å². The molecule has 1 aromatic rings. The van der Waals surface area contributed by atoms with Crippen molar-refractivity contribution in [1.82, 2.24) is 4.98 Å². The molecule has 96 valence electrons. The SMILES string of the molecule is CC1CS(=O)(=O)CCN1c1ncc(N)cc1C#N. The molecule has 1 saturated heterocycles. The van der Waals surface area contributed by atoms with Crippen LogP contribution in [0.25, 0.3) is 0 Å². The molecule has 1 aromatic heterocycles. The topological polar surface area (TPSA) is 100 Å². The normalized spacial score (nSPS) is 22.4. The van der Waals surface area contributed by atoms with Gasteiger partial charge in [-0.05, 0) is 13.0 Å². The maximum atomic E-state index is 11.5. The fourth-order valence-electron chi connectivity index (χ4n) is 2.10. The van der Waals surface area contributed by atoms with Crippen LogP contribution in [0.4, 0.5) is 11.5 Å². The first-order valence-corrected chi connectivity index (χ1v) is 7.38. The standard InChI is InChI=1S/C11H14N4O2S/c1-8-7-18(16,17)3-2-15(8)11-9(5-12)4-10(13)6-14-11/h4,6,8H,2-3,7,13H2,1H3. The molecule has 0 radical (unpaired) electrons. The van der Waals surface area contributed by atoms with Gasteiger partial charge < -0.3 is 10.6 Å². The third kappa shape index (κ3) is 2.38. The van der Waals surface area contributed by atoms with Gasteiger partial charge in [0.25, 0.3) is 0 Å². The van der Waals surface area contributed by atoms with E-state index in [-0.39, 0.29) is 17.5 Å². The van der Waals surface area contributed by atoms with Crippen LogP contribution in [0.3, 0.4) is 0 Å². The van der Waals surface area contributed by atoms with Crippen molar-refractivity contribution in [2.45, 2.75) is 13.0 Å². The molecule has 1 aliphatic heterocycles. The first-order chi connectivity index (χ1) is 8.43. The number of nitrogens with zero attached hydrogens (tertiary/aromatic N) is 3. The van der Waals surface area contributed by atoms with Gasteiger partial charge in [-0.3, -0.25) is 0 Å². The summed E-state index contributed by atoms with van der Waals surface area (Å²) >= 11 is 0. The molecular weight excluding hydrogens is 252 g/mol. The van der Waals surface area contributed by atoms with Crippen molar-refractivity contribution >= 4 is 21.3 Å². The van der Waals surface area contributed by atoms with Crippen LogP contribution in [0.2, 0.25) is 0 Å². The van der Waals surface area contributed by atoms with Crippen molar-refractivity contribution < 1.29 is 8.42 Å². The van der Waals surface area contributed by atoms with E-state index in [9.17, 15) is 8.42 Å². The second kappa shape index (κ2) is 4.46. The summed E-state index contributed by atoms with van der Waals surface area (Å²) in [5.41, 5.74) is 6.38. The highest BCUT2D eigenvalue weighted by molar-refractivity contribution is 7.91. The molecule has 0 bridgehead atoms. The van der Waals surface area contributed by atoms with Crippen LogP contribution in [0, 0.1) is 11.3 Å². The number of sulfone groups is 1. The predicted molar refractivity (Wildman–Crippen MR) is 68.8 cm³/mol. The Morgan fingerprint density at radius 2 is 2.33 bits per heavy atom. The largest absolute Gasteiger partial charge is 0.397 e. The zero-order valence-corrected chi connectivity index (χ0v) is 10.8. The van der Waals surface area contributed by atoms with Gasteiger partial charge in [-0.15, -0.1) is 0 Å². The second-order valence-electron chi connectivity index (χ2n) is 4.41. The Hall–Kier alpha value is -1.81. The molecule has 0 spiro atoms. The molecule has 6 nitrogen and oxygen atoms in total. The molecular formula is C11H14N4O2S. The molecule has 2 N–H and O–H groups in total. The predicted octanol–water partition coefficient (Wildman–Crippen LogP) is 0.159. The fraction of sp³-hybridized carbons (Fsp3) is 0.455. The molecule has 0 aliphatic carbocycles. The molecule has 1 atom stereocenters. The lowest BCUT2D eigenvalue weighted by molar-refractivity contribution is 0.566. The lowest BCUT2D eigenvalue weighted by Gasteiger charge is -2.34. The summed E-state index contributed by atoms with van der Waals surface area (Å²) in [4.78, 5) is 6.00. The summed E-state index contributed by atoms with van der Waals surface area (Å²) in [5.74, 6) is 0.687. The summed E-state index contributed by atoms with van der Waals surface area (Å²) in [5, 5.41) is 9.07. The van der Waals surface area contributed by atoms with Gasteiger partial charge in [-0.25, -0.2) is 13.4 Å². The number of rotatable bonds is 1. The first kappa shape index (κ1) is 12.6. The van der Waals surface area contributed by atoms with Gasteiger partial charge in [-0.2, -0.15) is 5.26 Å². The average Bonchev–Trinajstić information content (AvgIpc) is 2.29. The van der Waals surface area contributed by atoms with Crippen LogP contribution in [0.1, 0.15) is 12.5 Å². The van der Waals surface area contributed by atoms with E-state index in [1.807, 2.05) is 17.9 Å². The highest BCUT2D eigenvalue weighted by Gasteiger charge is 2.30. The first-order valence-electron chi connectivity index (χ1n) is 5.55. The zero-order valence-electron chi connectivity index (χ0n) is 10.00. The molecule has 0 amide bonds. The quantitative estimate of drug-likeness (QED) is 0.777. The minimum Gasteiger partial charge on any atom is -0.397 e. The van der Waals surface area contributed by atoms with Crippen LogP contribution in [0.5, 0.6) is 0 Å². The van der Waals surface area contributed by atoms with E-state index >= 15 is 0 Å². The number of anilines is 2. The smallest absolute Gasteiger partial charge is 0.154 e. The van der Waals surface area contributed by atoms with Gasteiger partial charge in [0.2, 0.25) is 0 Å². The lowest BCUT2D eigenvalue weighted by atomic mass is 10.2. The van der Waals surface area contributed by atoms with Crippen molar-refractivity contribution in [3.63, 3.8) is 0 Å². The van der Waals surface area contributed by atoms with E-state index in [4.69, 9.17) is 11.0 Å². The Morgan fingerprint density at radius 3 is 2.94 bits per heavy atom. The van der Waals surface area contributed by atoms with Crippen LogP contribution in [-0.2, 0) is 9.84 Å². The molecule has 2 heterocycles. The number of nitrogen functional groups attached to an aromatic ring is 1. The van der Waals surface area contributed by atoms with Gasteiger partial charge in [0.05, 0.1) is 29.0 Å². The highest BCUT2D eigenvalue weighted by Crippen LogP contribution is 2.24. The Balaban J connectivity index is 2.36. The van der Waals surface area contributed by atoms with Crippen LogP contribution in [0.15, 0.2) is 12.3 Å². The number of hydrogen-bond donors (Lipinski definition) is 1. The minimum atomic E-state index is -2.98. The Labute approximate surface area is 106 Å². The van der Waals surface area contributed by atoms with Gasteiger partial charge in [0.15, 0.2) is 9.84 Å². The Morgan fingerprint density at radius 1 is 1.61 bits per heavy atom. The summed E-state index contributed by atoms with van der Waals surface area (Å²) < 4.78 is 23.0. The Kier molecular flexibility index (Phi) is 3.13. The van der Waals surface area contributed by atoms with Crippen LogP contribution in [-0.4, -0.2) is 37.5 Å². The van der Waals surface area contributed by atoms with Crippen molar-refractivity contribution in [2.75, 3.05) is 28.7 Å². The summed E-state index contributed by atoms with van der Waals surface area (Å²) in [6, 6.07) is 3.41. The number of aromatic nitrogens is 1. The van der Waals surface area contributed by atoms with E-state index in [0.29, 0.717) is 23.6 Å². The van der Waals surface area contributed by atoms with Crippen molar-refractivity contribution in [1.29, 1.82) is 5.26 Å². The van der Waals surface area contributed by atoms with E-state index in [1.165, 1.54) is 6.20 Å². The summed E-state index contributed by atoms with van der Waals surface area (Å²) in [6.45, 7) is 2.17. The number of nitrogens with two attached hydrogens (primary N) is 1. The molecule has 1 unspecified atom stereocenters. The van der Waals surface area contributed by atoms with Crippen molar-refractivity contribution in [2.24, 2.45) is 0 Å². The van der Waals surface area contributed by atoms with Crippen molar-refractivity contribution in [3.05, 3.63) is 17.8 Å². The summed E-state index contributed by atoms with van der Waals surface area (Å²) in [6.07, 6.45) is 1.48. The van der Waals surface area contributed by atoms with Crippen LogP contribution >= 0.6 is 0 Å². The van der Waals surface area contributed by atoms with Gasteiger partial charge in [0, 0.05) is 12.6 Å². The lowest BCUT2D eigenvalue weighted by Crippen LogP contribution is -2.47. The summed E-state index contributed by atoms with van der Waals surface area (Å²) in [7, 11) is -2.98. The number of pyridine rings is 1. The van der Waals surface area contributed by atoms with E-state index in [2.05, 4.69) is 4.98 Å². The van der Waals surface area contributed by atoms with Gasteiger partial charge in [-0.1, -0.05) is 0 Å². The number of hydrogen-bond acceptors (Lipinski definition) is 6. The third-order valence-electron chi connectivity index (χ3n) is 2.95. The van der Waals surface area contributed by atoms with E-state index in [0.717, 1.165) is 0 Å². The Bertz CT molecular complexity index is 606. The zero-order chi connectivity index (χ0) is 13.3. The van der Waals surface area contributed by atoms with Gasteiger partial charge in [0.1, 0.15) is 11.9 Å². The maximum absolute atomic E-state index is 11.5. The molecule has 18 heavy (non-hydrogen) atoms. The molecule has 1 aliphatic rings. The molecule has 2 rings (SSSR count). The molecule has 7 heteroatoms. The third-order valence-corrected chi connectivity index (χ3v) is 4.75. The molecule has 0 aromatic carbocycles. The van der Waals surface area contributed by atoms with E-state index < -0.39 is 9.84 Å². The van der Waals surface area contributed by atoms with Crippen molar-refractivity contribution in [3.8, 4) is 6.07 Å². The molecule has 0 saturated carbocycles.